The second-order valence-electron chi connectivity index (χ2n) is 8.22. The van der Waals surface area contributed by atoms with Crippen LogP contribution >= 0.6 is 0 Å². The molecule has 3 aliphatic heterocycles. The average molecular weight is 337 g/mol. The van der Waals surface area contributed by atoms with E-state index in [0.717, 1.165) is 84.1 Å². The van der Waals surface area contributed by atoms with Crippen LogP contribution in [0.4, 0.5) is 0 Å². The Bertz CT molecular complexity index is 447. The highest BCUT2D eigenvalue weighted by molar-refractivity contribution is 5.79. The van der Waals surface area contributed by atoms with E-state index in [1.54, 1.807) is 0 Å². The summed E-state index contributed by atoms with van der Waals surface area (Å²) in [7, 11) is 0. The van der Waals surface area contributed by atoms with Crippen LogP contribution in [0.3, 0.4) is 0 Å². The van der Waals surface area contributed by atoms with Crippen LogP contribution in [-0.4, -0.2) is 63.0 Å². The van der Waals surface area contributed by atoms with Gasteiger partial charge in [-0.3, -0.25) is 4.79 Å². The molecule has 1 aliphatic carbocycles. The fourth-order valence-electron chi connectivity index (χ4n) is 4.61. The molecule has 4 fully saturated rings. The standard InChI is InChI=1S/C19H31NO4/c21-18(16-5-10-22-11-6-16)20-8-4-17-19(13-20,7-1-9-24-17)14-23-12-15-2-3-15/h15-17H,1-14H2. The maximum absolute atomic E-state index is 13.0. The molecule has 3 heterocycles. The third-order valence-corrected chi connectivity index (χ3v) is 6.31. The van der Waals surface area contributed by atoms with Crippen molar-refractivity contribution >= 4 is 5.91 Å². The first-order valence-electron chi connectivity index (χ1n) is 9.83. The summed E-state index contributed by atoms with van der Waals surface area (Å²) in [5.74, 6) is 1.28. The van der Waals surface area contributed by atoms with Crippen LogP contribution in [0.25, 0.3) is 0 Å². The zero-order valence-corrected chi connectivity index (χ0v) is 14.7. The summed E-state index contributed by atoms with van der Waals surface area (Å²) in [6.07, 6.45) is 7.83. The molecule has 0 spiro atoms. The first-order chi connectivity index (χ1) is 11.8. The highest BCUT2D eigenvalue weighted by Crippen LogP contribution is 2.41. The van der Waals surface area contributed by atoms with Crippen molar-refractivity contribution < 1.29 is 19.0 Å². The molecule has 0 N–H and O–H groups in total. The number of carbonyl (C=O) groups excluding carboxylic acids is 1. The molecule has 2 atom stereocenters. The lowest BCUT2D eigenvalue weighted by atomic mass is 9.72. The summed E-state index contributed by atoms with van der Waals surface area (Å²) in [6.45, 7) is 5.62. The van der Waals surface area contributed by atoms with Crippen molar-refractivity contribution in [1.29, 1.82) is 0 Å². The third kappa shape index (κ3) is 3.63. The second-order valence-corrected chi connectivity index (χ2v) is 8.22. The van der Waals surface area contributed by atoms with E-state index in [1.165, 1.54) is 12.8 Å². The van der Waals surface area contributed by atoms with Crippen LogP contribution in [0.1, 0.15) is 44.9 Å². The van der Waals surface area contributed by atoms with Crippen LogP contribution in [0.15, 0.2) is 0 Å². The number of nitrogens with zero attached hydrogens (tertiary/aromatic N) is 1. The number of rotatable bonds is 5. The van der Waals surface area contributed by atoms with Gasteiger partial charge in [0.15, 0.2) is 0 Å². The van der Waals surface area contributed by atoms with Crippen molar-refractivity contribution in [3.8, 4) is 0 Å². The van der Waals surface area contributed by atoms with Gasteiger partial charge in [0.2, 0.25) is 5.91 Å². The van der Waals surface area contributed by atoms with Crippen LogP contribution in [0.2, 0.25) is 0 Å². The average Bonchev–Trinajstić information content (AvgIpc) is 3.45. The minimum absolute atomic E-state index is 0.0201. The lowest BCUT2D eigenvalue weighted by Crippen LogP contribution is -2.59. The quantitative estimate of drug-likeness (QED) is 0.772. The summed E-state index contributed by atoms with van der Waals surface area (Å²) >= 11 is 0. The molecule has 0 aromatic rings. The Balaban J connectivity index is 1.40. The van der Waals surface area contributed by atoms with Crippen molar-refractivity contribution in [2.75, 3.05) is 46.1 Å². The molecule has 2 unspecified atom stereocenters. The zero-order valence-electron chi connectivity index (χ0n) is 14.7. The summed E-state index contributed by atoms with van der Waals surface area (Å²) in [6, 6.07) is 0. The number of amides is 1. The Hall–Kier alpha value is -0.650. The van der Waals surface area contributed by atoms with Gasteiger partial charge in [0, 0.05) is 50.8 Å². The maximum atomic E-state index is 13.0. The van der Waals surface area contributed by atoms with Gasteiger partial charge in [-0.2, -0.15) is 0 Å². The van der Waals surface area contributed by atoms with Gasteiger partial charge in [0.25, 0.3) is 0 Å². The Morgan fingerprint density at radius 1 is 1.12 bits per heavy atom. The predicted octanol–water partition coefficient (Wildman–Crippen LogP) is 2.24. The number of ether oxygens (including phenoxy) is 3. The van der Waals surface area contributed by atoms with Gasteiger partial charge in [0.1, 0.15) is 0 Å². The highest BCUT2D eigenvalue weighted by atomic mass is 16.5. The lowest BCUT2D eigenvalue weighted by Gasteiger charge is -2.51. The summed E-state index contributed by atoms with van der Waals surface area (Å²) in [4.78, 5) is 15.1. The first-order valence-corrected chi connectivity index (χ1v) is 9.83. The molecule has 5 heteroatoms. The van der Waals surface area contributed by atoms with E-state index in [1.807, 2.05) is 0 Å². The van der Waals surface area contributed by atoms with Gasteiger partial charge in [-0.25, -0.2) is 0 Å². The molecule has 0 radical (unpaired) electrons. The van der Waals surface area contributed by atoms with Crippen molar-refractivity contribution in [2.24, 2.45) is 17.3 Å². The molecule has 0 aromatic carbocycles. The molecule has 0 bridgehead atoms. The van der Waals surface area contributed by atoms with E-state index in [4.69, 9.17) is 14.2 Å². The molecular weight excluding hydrogens is 306 g/mol. The molecule has 0 aromatic heterocycles. The fraction of sp³-hybridized carbons (Fsp3) is 0.947. The number of carbonyl (C=O) groups is 1. The molecule has 5 nitrogen and oxygen atoms in total. The number of fused-ring (bicyclic) bond motifs is 1. The van der Waals surface area contributed by atoms with Crippen LogP contribution in [-0.2, 0) is 19.0 Å². The highest BCUT2D eigenvalue weighted by Gasteiger charge is 2.48. The van der Waals surface area contributed by atoms with Crippen molar-refractivity contribution in [3.63, 3.8) is 0 Å². The van der Waals surface area contributed by atoms with Crippen LogP contribution in [0, 0.1) is 17.3 Å². The second kappa shape index (κ2) is 7.30. The van der Waals surface area contributed by atoms with E-state index in [0.29, 0.717) is 5.91 Å². The van der Waals surface area contributed by atoms with Crippen molar-refractivity contribution in [3.05, 3.63) is 0 Å². The summed E-state index contributed by atoms with van der Waals surface area (Å²) < 4.78 is 17.6. The smallest absolute Gasteiger partial charge is 0.225 e. The SMILES string of the molecule is O=C(C1CCOCC1)N1CCC2OCCCC2(COCC2CC2)C1. The fourth-order valence-corrected chi connectivity index (χ4v) is 4.61. The van der Waals surface area contributed by atoms with E-state index in [2.05, 4.69) is 4.90 Å². The monoisotopic (exact) mass is 337 g/mol. The number of likely N-dealkylation sites (tertiary alicyclic amines) is 1. The minimum Gasteiger partial charge on any atom is -0.381 e. The maximum Gasteiger partial charge on any atom is 0.225 e. The van der Waals surface area contributed by atoms with E-state index in [9.17, 15) is 4.79 Å². The van der Waals surface area contributed by atoms with E-state index in [-0.39, 0.29) is 17.4 Å². The Morgan fingerprint density at radius 2 is 1.96 bits per heavy atom. The minimum atomic E-state index is 0.0201. The lowest BCUT2D eigenvalue weighted by molar-refractivity contribution is -0.169. The third-order valence-electron chi connectivity index (χ3n) is 6.31. The summed E-state index contributed by atoms with van der Waals surface area (Å²) in [5.41, 5.74) is 0.0201. The first kappa shape index (κ1) is 16.8. The molecular formula is C19H31NO4. The van der Waals surface area contributed by atoms with Crippen LogP contribution in [0.5, 0.6) is 0 Å². The Kier molecular flexibility index (Phi) is 5.11. The molecule has 4 aliphatic rings. The molecule has 24 heavy (non-hydrogen) atoms. The molecule has 4 rings (SSSR count). The number of hydrogen-bond acceptors (Lipinski definition) is 4. The predicted molar refractivity (Wildman–Crippen MR) is 89.7 cm³/mol. The van der Waals surface area contributed by atoms with Gasteiger partial charge in [-0.05, 0) is 50.9 Å². The molecule has 3 saturated heterocycles. The van der Waals surface area contributed by atoms with Gasteiger partial charge < -0.3 is 19.1 Å². The largest absolute Gasteiger partial charge is 0.381 e. The van der Waals surface area contributed by atoms with Gasteiger partial charge in [-0.1, -0.05) is 0 Å². The van der Waals surface area contributed by atoms with Gasteiger partial charge >= 0.3 is 0 Å². The summed E-state index contributed by atoms with van der Waals surface area (Å²) in [5, 5.41) is 0. The Morgan fingerprint density at radius 3 is 2.75 bits per heavy atom. The van der Waals surface area contributed by atoms with Crippen molar-refractivity contribution in [1.82, 2.24) is 4.90 Å². The number of hydrogen-bond donors (Lipinski definition) is 0. The zero-order chi connectivity index (χ0) is 16.4. The van der Waals surface area contributed by atoms with Crippen LogP contribution < -0.4 is 0 Å². The van der Waals surface area contributed by atoms with E-state index >= 15 is 0 Å². The molecule has 1 saturated carbocycles. The molecule has 1 amide bonds. The van der Waals surface area contributed by atoms with Crippen molar-refractivity contribution in [2.45, 2.75) is 51.0 Å². The topological polar surface area (TPSA) is 48.0 Å². The van der Waals surface area contributed by atoms with Gasteiger partial charge in [-0.15, -0.1) is 0 Å². The normalized spacial score (nSPS) is 34.8. The molecule has 136 valence electrons. The Labute approximate surface area is 145 Å². The van der Waals surface area contributed by atoms with Gasteiger partial charge in [0.05, 0.1) is 12.7 Å². The van der Waals surface area contributed by atoms with E-state index < -0.39 is 0 Å². The number of piperidine rings is 1.